The Bertz CT molecular complexity index is 831. The zero-order valence-electron chi connectivity index (χ0n) is 15.6. The van der Waals surface area contributed by atoms with E-state index in [4.69, 9.17) is 0 Å². The number of amides is 3. The lowest BCUT2D eigenvalue weighted by molar-refractivity contribution is -0.124. The lowest BCUT2D eigenvalue weighted by Crippen LogP contribution is -2.35. The molecule has 3 amide bonds. The van der Waals surface area contributed by atoms with Crippen LogP contribution in [0.3, 0.4) is 0 Å². The van der Waals surface area contributed by atoms with Gasteiger partial charge < -0.3 is 20.6 Å². The van der Waals surface area contributed by atoms with E-state index < -0.39 is 11.8 Å². The zero-order valence-corrected chi connectivity index (χ0v) is 15.6. The van der Waals surface area contributed by atoms with Crippen molar-refractivity contribution in [1.82, 2.24) is 15.5 Å². The van der Waals surface area contributed by atoms with E-state index in [1.54, 1.807) is 26.2 Å². The van der Waals surface area contributed by atoms with Crippen LogP contribution in [0.1, 0.15) is 36.5 Å². The Balaban J connectivity index is 1.92. The van der Waals surface area contributed by atoms with E-state index >= 15 is 0 Å². The third kappa shape index (κ3) is 3.60. The fourth-order valence-electron chi connectivity index (χ4n) is 3.45. The van der Waals surface area contributed by atoms with Gasteiger partial charge in [-0.1, -0.05) is 19.4 Å². The molecule has 3 rings (SSSR count). The molecule has 1 aromatic rings. The number of hydrogen-bond acceptors (Lipinski definition) is 6. The lowest BCUT2D eigenvalue weighted by Gasteiger charge is -2.19. The highest BCUT2D eigenvalue weighted by atomic mass is 16.3. The van der Waals surface area contributed by atoms with E-state index in [1.807, 2.05) is 0 Å². The largest absolute Gasteiger partial charge is 0.505 e. The van der Waals surface area contributed by atoms with Crippen molar-refractivity contribution in [2.75, 3.05) is 19.4 Å². The molecule has 4 N–H and O–H groups in total. The van der Waals surface area contributed by atoms with Crippen molar-refractivity contribution in [3.8, 4) is 5.75 Å². The minimum absolute atomic E-state index is 0.0452. The van der Waals surface area contributed by atoms with E-state index in [9.17, 15) is 19.5 Å². The number of carbonyl (C=O) groups excluding carboxylic acids is 3. The predicted molar refractivity (Wildman–Crippen MR) is 99.9 cm³/mol. The number of phenolic OH excluding ortho intramolecular Hbond substituents is 1. The van der Waals surface area contributed by atoms with Gasteiger partial charge in [-0.2, -0.15) is 0 Å². The van der Waals surface area contributed by atoms with Gasteiger partial charge in [0.1, 0.15) is 11.4 Å². The number of benzene rings is 1. The smallest absolute Gasteiger partial charge is 0.276 e. The Morgan fingerprint density at radius 1 is 1.19 bits per heavy atom. The molecule has 0 bridgehead atoms. The van der Waals surface area contributed by atoms with Crippen LogP contribution in [0.5, 0.6) is 5.75 Å². The lowest BCUT2D eigenvalue weighted by atomic mass is 10.1. The maximum atomic E-state index is 12.2. The molecule has 2 aliphatic rings. The molecule has 27 heavy (non-hydrogen) atoms. The van der Waals surface area contributed by atoms with Crippen molar-refractivity contribution in [1.29, 1.82) is 0 Å². The van der Waals surface area contributed by atoms with E-state index in [0.29, 0.717) is 5.92 Å². The highest BCUT2D eigenvalue weighted by Crippen LogP contribution is 2.31. The molecule has 1 aromatic carbocycles. The van der Waals surface area contributed by atoms with E-state index in [-0.39, 0.29) is 40.3 Å². The third-order valence-electron chi connectivity index (χ3n) is 5.05. The fraction of sp³-hybridized carbons (Fsp3) is 0.421. The number of nitrogens with one attached hydrogen (secondary N) is 3. The molecule has 1 saturated carbocycles. The second-order valence-electron chi connectivity index (χ2n) is 7.22. The number of rotatable bonds is 5. The van der Waals surface area contributed by atoms with Crippen LogP contribution in [0, 0.1) is 5.92 Å². The van der Waals surface area contributed by atoms with E-state index in [1.165, 1.54) is 11.0 Å². The first kappa shape index (κ1) is 18.8. The first-order chi connectivity index (χ1) is 12.8. The number of hydrogen-bond donors (Lipinski definition) is 4. The third-order valence-corrected chi connectivity index (χ3v) is 5.05. The molecule has 1 aliphatic heterocycles. The molecule has 1 fully saturated rings. The Hall–Kier alpha value is -3.03. The van der Waals surface area contributed by atoms with Gasteiger partial charge >= 0.3 is 0 Å². The molecule has 2 atom stereocenters. The summed E-state index contributed by atoms with van der Waals surface area (Å²) in [5.74, 6) is -1.31. The highest BCUT2D eigenvalue weighted by Gasteiger charge is 2.34. The number of anilines is 1. The maximum absolute atomic E-state index is 12.2. The van der Waals surface area contributed by atoms with Gasteiger partial charge in [0.05, 0.1) is 11.3 Å². The second kappa shape index (κ2) is 7.30. The molecule has 1 aliphatic carbocycles. The Morgan fingerprint density at radius 3 is 2.52 bits per heavy atom. The summed E-state index contributed by atoms with van der Waals surface area (Å²) in [7, 11) is 3.16. The van der Waals surface area contributed by atoms with Crippen LogP contribution in [-0.2, 0) is 9.59 Å². The second-order valence-corrected chi connectivity index (χ2v) is 7.22. The molecule has 0 radical (unpaired) electrons. The van der Waals surface area contributed by atoms with Gasteiger partial charge in [-0.15, -0.1) is 0 Å². The molecule has 144 valence electrons. The number of nitrogens with zero attached hydrogens (tertiary/aromatic N) is 1. The first-order valence-electron chi connectivity index (χ1n) is 8.96. The van der Waals surface area contributed by atoms with Crippen LogP contribution < -0.4 is 16.0 Å². The SMILES string of the molecule is C[C@H]1CCC[C@@H]1NC1=C(Nc2cccc(C(=O)N(C)C)c2O)C(=O)NC1=O. The highest BCUT2D eigenvalue weighted by molar-refractivity contribution is 6.20. The average Bonchev–Trinajstić information content (AvgIpc) is 3.13. The first-order valence-corrected chi connectivity index (χ1v) is 8.96. The van der Waals surface area contributed by atoms with Crippen LogP contribution in [0.25, 0.3) is 0 Å². The van der Waals surface area contributed by atoms with Crippen LogP contribution in [-0.4, -0.2) is 47.9 Å². The van der Waals surface area contributed by atoms with Crippen molar-refractivity contribution in [2.24, 2.45) is 5.92 Å². The number of phenols is 1. The zero-order chi connectivity index (χ0) is 19.7. The van der Waals surface area contributed by atoms with Gasteiger partial charge in [-0.3, -0.25) is 19.7 Å². The molecule has 0 spiro atoms. The topological polar surface area (TPSA) is 111 Å². The van der Waals surface area contributed by atoms with Crippen LogP contribution >= 0.6 is 0 Å². The number of aromatic hydroxyl groups is 1. The van der Waals surface area contributed by atoms with Gasteiger partial charge in [-0.25, -0.2) is 0 Å². The summed E-state index contributed by atoms with van der Waals surface area (Å²) in [5, 5.41) is 18.7. The Kier molecular flexibility index (Phi) is 5.07. The summed E-state index contributed by atoms with van der Waals surface area (Å²) in [6.07, 6.45) is 3.07. The predicted octanol–water partition coefficient (Wildman–Crippen LogP) is 1.15. The molecule has 8 heteroatoms. The van der Waals surface area contributed by atoms with E-state index in [2.05, 4.69) is 22.9 Å². The van der Waals surface area contributed by atoms with Crippen molar-refractivity contribution in [2.45, 2.75) is 32.2 Å². The summed E-state index contributed by atoms with van der Waals surface area (Å²) in [6, 6.07) is 4.75. The van der Waals surface area contributed by atoms with Crippen molar-refractivity contribution < 1.29 is 19.5 Å². The van der Waals surface area contributed by atoms with Crippen molar-refractivity contribution >= 4 is 23.4 Å². The summed E-state index contributed by atoms with van der Waals surface area (Å²) in [6.45, 7) is 2.11. The maximum Gasteiger partial charge on any atom is 0.276 e. The molecule has 0 aromatic heterocycles. The summed E-state index contributed by atoms with van der Waals surface area (Å²) in [5.41, 5.74) is 0.502. The quantitative estimate of drug-likeness (QED) is 0.456. The number of para-hydroxylation sites is 1. The summed E-state index contributed by atoms with van der Waals surface area (Å²) in [4.78, 5) is 38.0. The minimum atomic E-state index is -0.572. The molecule has 0 unspecified atom stereocenters. The number of carbonyl (C=O) groups is 3. The van der Waals surface area contributed by atoms with Crippen molar-refractivity contribution in [3.63, 3.8) is 0 Å². The standard InChI is InChI=1S/C19H24N4O4/c1-10-6-4-8-12(10)20-14-15(18(26)22-17(14)25)21-13-9-5-7-11(16(13)24)19(27)23(2)3/h5,7,9-10,12,24H,4,6,8H2,1-3H3,(H3,20,21,22,25,26)/t10-,12-/m0/s1. The summed E-state index contributed by atoms with van der Waals surface area (Å²) >= 11 is 0. The molecule has 8 nitrogen and oxygen atoms in total. The molecular formula is C19H24N4O4. The fourth-order valence-corrected chi connectivity index (χ4v) is 3.45. The summed E-state index contributed by atoms with van der Waals surface area (Å²) < 4.78 is 0. The molecule has 1 heterocycles. The van der Waals surface area contributed by atoms with Crippen LogP contribution in [0.15, 0.2) is 29.6 Å². The van der Waals surface area contributed by atoms with Gasteiger partial charge in [0, 0.05) is 20.1 Å². The van der Waals surface area contributed by atoms with Gasteiger partial charge in [0.15, 0.2) is 5.75 Å². The van der Waals surface area contributed by atoms with Gasteiger partial charge in [0.25, 0.3) is 17.7 Å². The molecule has 0 saturated heterocycles. The molecular weight excluding hydrogens is 348 g/mol. The van der Waals surface area contributed by atoms with Crippen LogP contribution in [0.2, 0.25) is 0 Å². The van der Waals surface area contributed by atoms with Crippen molar-refractivity contribution in [3.05, 3.63) is 35.2 Å². The Labute approximate surface area is 157 Å². The number of imide groups is 1. The van der Waals surface area contributed by atoms with Gasteiger partial charge in [0.2, 0.25) is 0 Å². The monoisotopic (exact) mass is 372 g/mol. The van der Waals surface area contributed by atoms with Crippen LogP contribution in [0.4, 0.5) is 5.69 Å². The average molecular weight is 372 g/mol. The Morgan fingerprint density at radius 2 is 1.89 bits per heavy atom. The minimum Gasteiger partial charge on any atom is -0.505 e. The van der Waals surface area contributed by atoms with E-state index in [0.717, 1.165) is 19.3 Å². The van der Waals surface area contributed by atoms with Gasteiger partial charge in [-0.05, 0) is 30.9 Å². The normalized spacial score (nSPS) is 22.0.